The molecule has 0 radical (unpaired) electrons. The van der Waals surface area contributed by atoms with Gasteiger partial charge in [0.25, 0.3) is 0 Å². The van der Waals surface area contributed by atoms with Gasteiger partial charge in [-0.2, -0.15) is 4.68 Å². The van der Waals surface area contributed by atoms with Crippen molar-refractivity contribution in [3.05, 3.63) is 54.6 Å². The molecule has 1 aromatic heterocycles. The first-order valence-corrected chi connectivity index (χ1v) is 5.70. The van der Waals surface area contributed by atoms with Crippen LogP contribution < -0.4 is 10.5 Å². The molecule has 0 saturated carbocycles. The van der Waals surface area contributed by atoms with Crippen molar-refractivity contribution in [1.29, 1.82) is 0 Å². The highest BCUT2D eigenvalue weighted by molar-refractivity contribution is 5.42. The Kier molecular flexibility index (Phi) is 2.82. The van der Waals surface area contributed by atoms with E-state index < -0.39 is 0 Å². The fraction of sp³-hybridized carbons (Fsp3) is 0. The van der Waals surface area contributed by atoms with Gasteiger partial charge in [0.15, 0.2) is 0 Å². The predicted octanol–water partition coefficient (Wildman–Crippen LogP) is 2.04. The Morgan fingerprint density at radius 3 is 2.42 bits per heavy atom. The lowest BCUT2D eigenvalue weighted by atomic mass is 10.3. The first kappa shape index (κ1) is 11.2. The Morgan fingerprint density at radius 1 is 0.947 bits per heavy atom. The molecule has 0 atom stereocenters. The van der Waals surface area contributed by atoms with Gasteiger partial charge >= 0.3 is 6.01 Å². The van der Waals surface area contributed by atoms with Gasteiger partial charge in [-0.25, -0.2) is 0 Å². The number of nitrogens with zero attached hydrogens (tertiary/aromatic N) is 4. The van der Waals surface area contributed by atoms with Crippen LogP contribution in [-0.2, 0) is 0 Å². The van der Waals surface area contributed by atoms with E-state index in [1.807, 2.05) is 30.3 Å². The number of ether oxygens (including phenoxy) is 1. The van der Waals surface area contributed by atoms with Gasteiger partial charge < -0.3 is 10.5 Å². The minimum absolute atomic E-state index is 0.302. The second kappa shape index (κ2) is 4.77. The molecule has 2 aromatic carbocycles. The summed E-state index contributed by atoms with van der Waals surface area (Å²) in [5.74, 6) is 0.626. The van der Waals surface area contributed by atoms with Crippen LogP contribution in [0.15, 0.2) is 54.6 Å². The zero-order chi connectivity index (χ0) is 13.1. The van der Waals surface area contributed by atoms with Crippen molar-refractivity contribution < 1.29 is 4.74 Å². The number of benzene rings is 2. The molecule has 3 aromatic rings. The minimum Gasteiger partial charge on any atom is -0.423 e. The second-order valence-corrected chi connectivity index (χ2v) is 3.88. The summed E-state index contributed by atoms with van der Waals surface area (Å²) >= 11 is 0. The van der Waals surface area contributed by atoms with Crippen LogP contribution in [0.25, 0.3) is 5.69 Å². The topological polar surface area (TPSA) is 78.8 Å². The maximum atomic E-state index is 5.63. The summed E-state index contributed by atoms with van der Waals surface area (Å²) in [4.78, 5) is 0. The highest BCUT2D eigenvalue weighted by atomic mass is 16.6. The Labute approximate surface area is 109 Å². The summed E-state index contributed by atoms with van der Waals surface area (Å²) in [5, 5.41) is 11.4. The van der Waals surface area contributed by atoms with Crippen LogP contribution in [0.5, 0.6) is 11.8 Å². The van der Waals surface area contributed by atoms with Crippen molar-refractivity contribution in [3.8, 4) is 17.4 Å². The second-order valence-electron chi connectivity index (χ2n) is 3.88. The number of hydrogen-bond donors (Lipinski definition) is 1. The normalized spacial score (nSPS) is 10.3. The Bertz CT molecular complexity index is 663. The molecule has 0 bridgehead atoms. The molecule has 2 N–H and O–H groups in total. The molecule has 6 heteroatoms. The molecule has 1 heterocycles. The Hall–Kier alpha value is -2.89. The summed E-state index contributed by atoms with van der Waals surface area (Å²) in [6.07, 6.45) is 0. The van der Waals surface area contributed by atoms with E-state index in [1.165, 1.54) is 4.68 Å². The number of nitrogen functional groups attached to an aromatic ring is 1. The summed E-state index contributed by atoms with van der Waals surface area (Å²) in [6, 6.07) is 16.9. The van der Waals surface area contributed by atoms with Gasteiger partial charge in [-0.05, 0) is 46.8 Å². The van der Waals surface area contributed by atoms with E-state index in [9.17, 15) is 0 Å². The molecular formula is C13H11N5O. The fourth-order valence-electron chi connectivity index (χ4n) is 1.62. The van der Waals surface area contributed by atoms with E-state index in [4.69, 9.17) is 10.5 Å². The molecule has 0 aliphatic carbocycles. The number of tetrazole rings is 1. The maximum Gasteiger partial charge on any atom is 0.345 e. The van der Waals surface area contributed by atoms with E-state index in [1.54, 1.807) is 24.3 Å². The third kappa shape index (κ3) is 2.37. The van der Waals surface area contributed by atoms with E-state index in [0.717, 1.165) is 5.69 Å². The van der Waals surface area contributed by atoms with Gasteiger partial charge in [-0.15, -0.1) is 0 Å². The fourth-order valence-corrected chi connectivity index (χ4v) is 1.62. The molecule has 3 rings (SSSR count). The van der Waals surface area contributed by atoms with Crippen molar-refractivity contribution in [2.45, 2.75) is 0 Å². The summed E-state index contributed by atoms with van der Waals surface area (Å²) in [7, 11) is 0. The van der Waals surface area contributed by atoms with Crippen molar-refractivity contribution in [1.82, 2.24) is 20.2 Å². The van der Waals surface area contributed by atoms with Gasteiger partial charge in [0, 0.05) is 5.69 Å². The quantitative estimate of drug-likeness (QED) is 0.723. The van der Waals surface area contributed by atoms with Crippen LogP contribution in [0.3, 0.4) is 0 Å². The van der Waals surface area contributed by atoms with Gasteiger partial charge in [-0.3, -0.25) is 0 Å². The Morgan fingerprint density at radius 2 is 1.68 bits per heavy atom. The molecule has 19 heavy (non-hydrogen) atoms. The number of rotatable bonds is 3. The molecular weight excluding hydrogens is 243 g/mol. The van der Waals surface area contributed by atoms with Crippen LogP contribution in [0.1, 0.15) is 0 Å². The predicted molar refractivity (Wildman–Crippen MR) is 70.1 cm³/mol. The largest absolute Gasteiger partial charge is 0.423 e. The zero-order valence-electron chi connectivity index (χ0n) is 9.97. The van der Waals surface area contributed by atoms with Crippen molar-refractivity contribution in [2.24, 2.45) is 0 Å². The average Bonchev–Trinajstić information content (AvgIpc) is 2.90. The standard InChI is InChI=1S/C13H11N5O/c14-10-6-8-12(9-7-10)19-13-15-16-17-18(13)11-4-2-1-3-5-11/h1-9H,14H2/i12+1. The van der Waals surface area contributed by atoms with Crippen LogP contribution in [-0.4, -0.2) is 20.2 Å². The average molecular weight is 254 g/mol. The molecule has 6 nitrogen and oxygen atoms in total. The minimum atomic E-state index is 0.302. The van der Waals surface area contributed by atoms with Crippen LogP contribution in [0.4, 0.5) is 5.69 Å². The van der Waals surface area contributed by atoms with Crippen molar-refractivity contribution in [2.75, 3.05) is 5.73 Å². The van der Waals surface area contributed by atoms with E-state index >= 15 is 0 Å². The molecule has 0 fully saturated rings. The lowest BCUT2D eigenvalue weighted by Crippen LogP contribution is -2.00. The lowest BCUT2D eigenvalue weighted by Gasteiger charge is -2.05. The molecule has 0 aliphatic rings. The van der Waals surface area contributed by atoms with Gasteiger partial charge in [0.2, 0.25) is 0 Å². The van der Waals surface area contributed by atoms with Crippen LogP contribution in [0.2, 0.25) is 0 Å². The van der Waals surface area contributed by atoms with Gasteiger partial charge in [-0.1, -0.05) is 23.3 Å². The number of anilines is 1. The SMILES string of the molecule is Nc1cc[13c](Oc2nnnn2-c2ccccc2)cc1. The lowest BCUT2D eigenvalue weighted by molar-refractivity contribution is 0.427. The highest BCUT2D eigenvalue weighted by Crippen LogP contribution is 2.21. The van der Waals surface area contributed by atoms with Gasteiger partial charge in [0.05, 0.1) is 5.69 Å². The molecule has 94 valence electrons. The summed E-state index contributed by atoms with van der Waals surface area (Å²) in [5.41, 5.74) is 7.13. The van der Waals surface area contributed by atoms with Crippen molar-refractivity contribution >= 4 is 5.69 Å². The zero-order valence-corrected chi connectivity index (χ0v) is 9.97. The third-order valence-corrected chi connectivity index (χ3v) is 2.53. The molecule has 0 saturated heterocycles. The van der Waals surface area contributed by atoms with E-state index in [-0.39, 0.29) is 0 Å². The third-order valence-electron chi connectivity index (χ3n) is 2.53. The number of nitrogens with two attached hydrogens (primary N) is 1. The van der Waals surface area contributed by atoms with Crippen LogP contribution in [0, 0.1) is 0 Å². The number of hydrogen-bond acceptors (Lipinski definition) is 5. The molecule has 0 aliphatic heterocycles. The van der Waals surface area contributed by atoms with Crippen LogP contribution >= 0.6 is 0 Å². The summed E-state index contributed by atoms with van der Waals surface area (Å²) in [6.45, 7) is 0. The van der Waals surface area contributed by atoms with E-state index in [0.29, 0.717) is 17.4 Å². The monoisotopic (exact) mass is 254 g/mol. The van der Waals surface area contributed by atoms with E-state index in [2.05, 4.69) is 15.5 Å². The summed E-state index contributed by atoms with van der Waals surface area (Å²) < 4.78 is 7.15. The first-order chi connectivity index (χ1) is 9.33. The van der Waals surface area contributed by atoms with Gasteiger partial charge in [0.1, 0.15) is 5.75 Å². The highest BCUT2D eigenvalue weighted by Gasteiger charge is 2.09. The number of para-hydroxylation sites is 1. The molecule has 0 unspecified atom stereocenters. The first-order valence-electron chi connectivity index (χ1n) is 5.70. The maximum absolute atomic E-state index is 5.63. The molecule has 0 spiro atoms. The number of aromatic nitrogens is 4. The van der Waals surface area contributed by atoms with Crippen molar-refractivity contribution in [3.63, 3.8) is 0 Å². The smallest absolute Gasteiger partial charge is 0.345 e. The molecule has 0 amide bonds. The Balaban J connectivity index is 1.91.